The molecule has 2 fully saturated rings. The summed E-state index contributed by atoms with van der Waals surface area (Å²) in [5.74, 6) is 2.21. The highest BCUT2D eigenvalue weighted by atomic mass is 16.1. The molecular formula is C19H21N3O2. The number of aromatic amines is 2. The highest BCUT2D eigenvalue weighted by Gasteiger charge is 2.46. The maximum atomic E-state index is 12.0. The van der Waals surface area contributed by atoms with E-state index in [0.717, 1.165) is 25.2 Å². The van der Waals surface area contributed by atoms with E-state index < -0.39 is 0 Å². The molecule has 4 atom stereocenters. The summed E-state index contributed by atoms with van der Waals surface area (Å²) in [6.07, 6.45) is 5.30. The SMILES string of the molecule is C=CC1CC(C=C)C2CN(c3ccc4c(=O)[nH][nH]c(=O)c4c3)CC12. The van der Waals surface area contributed by atoms with Gasteiger partial charge in [0.15, 0.2) is 0 Å². The zero-order valence-electron chi connectivity index (χ0n) is 13.5. The van der Waals surface area contributed by atoms with Gasteiger partial charge in [0.25, 0.3) is 11.1 Å². The minimum Gasteiger partial charge on any atom is -0.371 e. The number of fused-ring (bicyclic) bond motifs is 2. The van der Waals surface area contributed by atoms with Crippen LogP contribution in [-0.4, -0.2) is 23.3 Å². The molecule has 5 heteroatoms. The van der Waals surface area contributed by atoms with Gasteiger partial charge in [-0.25, -0.2) is 0 Å². The summed E-state index contributed by atoms with van der Waals surface area (Å²) < 4.78 is 0. The van der Waals surface area contributed by atoms with Gasteiger partial charge in [-0.05, 0) is 48.3 Å². The molecule has 0 spiro atoms. The normalized spacial score (nSPS) is 28.9. The predicted molar refractivity (Wildman–Crippen MR) is 96.4 cm³/mol. The molecule has 1 aromatic carbocycles. The van der Waals surface area contributed by atoms with Crippen LogP contribution in [0.3, 0.4) is 0 Å². The van der Waals surface area contributed by atoms with Crippen LogP contribution in [-0.2, 0) is 0 Å². The number of anilines is 1. The van der Waals surface area contributed by atoms with E-state index in [1.165, 1.54) is 0 Å². The van der Waals surface area contributed by atoms with Crippen molar-refractivity contribution < 1.29 is 0 Å². The highest BCUT2D eigenvalue weighted by Crippen LogP contribution is 2.48. The van der Waals surface area contributed by atoms with Gasteiger partial charge in [0, 0.05) is 18.8 Å². The maximum absolute atomic E-state index is 12.0. The Hall–Kier alpha value is -2.56. The summed E-state index contributed by atoms with van der Waals surface area (Å²) in [5.41, 5.74) is 0.463. The standard InChI is InChI=1S/C19H21N3O2/c1-3-11-7-12(4-2)17-10-22(9-16(11)17)13-5-6-14-15(8-13)19(24)21-20-18(14)23/h3-6,8,11-12,16-17H,1-2,7,9-10H2,(H,20,23)(H,21,24). The van der Waals surface area contributed by atoms with E-state index in [1.54, 1.807) is 6.07 Å². The zero-order valence-corrected chi connectivity index (χ0v) is 13.5. The van der Waals surface area contributed by atoms with Crippen LogP contribution in [0, 0.1) is 23.7 Å². The van der Waals surface area contributed by atoms with Gasteiger partial charge in [-0.3, -0.25) is 19.8 Å². The minimum absolute atomic E-state index is 0.265. The van der Waals surface area contributed by atoms with Gasteiger partial charge in [-0.2, -0.15) is 0 Å². The molecule has 2 aromatic rings. The van der Waals surface area contributed by atoms with Gasteiger partial charge in [0.2, 0.25) is 0 Å². The second-order valence-electron chi connectivity index (χ2n) is 6.91. The number of hydrogen-bond acceptors (Lipinski definition) is 3. The number of benzene rings is 1. The lowest BCUT2D eigenvalue weighted by atomic mass is 9.90. The molecule has 5 nitrogen and oxygen atoms in total. The molecule has 124 valence electrons. The average Bonchev–Trinajstić information content (AvgIpc) is 3.17. The first-order valence-corrected chi connectivity index (χ1v) is 8.37. The monoisotopic (exact) mass is 323 g/mol. The first-order valence-electron chi connectivity index (χ1n) is 8.37. The summed E-state index contributed by atoms with van der Waals surface area (Å²) >= 11 is 0. The lowest BCUT2D eigenvalue weighted by molar-refractivity contribution is 0.412. The molecule has 1 aromatic heterocycles. The van der Waals surface area contributed by atoms with Crippen molar-refractivity contribution in [3.8, 4) is 0 Å². The topological polar surface area (TPSA) is 69.0 Å². The van der Waals surface area contributed by atoms with Crippen molar-refractivity contribution in [2.24, 2.45) is 23.7 Å². The van der Waals surface area contributed by atoms with Crippen LogP contribution in [0.2, 0.25) is 0 Å². The Morgan fingerprint density at radius 3 is 2.12 bits per heavy atom. The number of rotatable bonds is 3. The summed E-state index contributed by atoms with van der Waals surface area (Å²) in [4.78, 5) is 26.2. The van der Waals surface area contributed by atoms with Gasteiger partial charge in [-0.1, -0.05) is 12.2 Å². The highest BCUT2D eigenvalue weighted by molar-refractivity contribution is 5.84. The third-order valence-electron chi connectivity index (χ3n) is 5.81. The van der Waals surface area contributed by atoms with Gasteiger partial charge in [0.1, 0.15) is 0 Å². The number of aromatic nitrogens is 2. The molecule has 1 aliphatic heterocycles. The van der Waals surface area contributed by atoms with Crippen molar-refractivity contribution in [1.82, 2.24) is 10.2 Å². The fourth-order valence-corrected chi connectivity index (χ4v) is 4.54. The van der Waals surface area contributed by atoms with E-state index in [-0.39, 0.29) is 11.1 Å². The number of hydrogen-bond donors (Lipinski definition) is 2. The van der Waals surface area contributed by atoms with Crippen LogP contribution in [0.5, 0.6) is 0 Å². The molecule has 1 saturated carbocycles. The van der Waals surface area contributed by atoms with Crippen LogP contribution in [0.15, 0.2) is 53.1 Å². The quantitative estimate of drug-likeness (QED) is 0.852. The van der Waals surface area contributed by atoms with E-state index in [2.05, 4.69) is 40.4 Å². The van der Waals surface area contributed by atoms with Crippen LogP contribution in [0.4, 0.5) is 5.69 Å². The first kappa shape index (κ1) is 15.0. The molecule has 2 heterocycles. The number of allylic oxidation sites excluding steroid dienone is 2. The summed E-state index contributed by atoms with van der Waals surface area (Å²) in [6, 6.07) is 5.50. The maximum Gasteiger partial charge on any atom is 0.270 e. The van der Waals surface area contributed by atoms with Crippen molar-refractivity contribution in [2.45, 2.75) is 6.42 Å². The van der Waals surface area contributed by atoms with Crippen molar-refractivity contribution in [3.63, 3.8) is 0 Å². The Labute approximate surface area is 139 Å². The largest absolute Gasteiger partial charge is 0.371 e. The Balaban J connectivity index is 1.71. The number of H-pyrrole nitrogens is 2. The molecule has 0 amide bonds. The van der Waals surface area contributed by atoms with E-state index >= 15 is 0 Å². The Bertz CT molecular complexity index is 904. The Morgan fingerprint density at radius 2 is 1.54 bits per heavy atom. The molecule has 24 heavy (non-hydrogen) atoms. The van der Waals surface area contributed by atoms with Crippen LogP contribution >= 0.6 is 0 Å². The van der Waals surface area contributed by atoms with E-state index in [9.17, 15) is 9.59 Å². The second-order valence-corrected chi connectivity index (χ2v) is 6.91. The fraction of sp³-hybridized carbons (Fsp3) is 0.368. The number of nitrogens with zero attached hydrogens (tertiary/aromatic N) is 1. The Morgan fingerprint density at radius 1 is 0.958 bits per heavy atom. The van der Waals surface area contributed by atoms with Crippen LogP contribution in [0.1, 0.15) is 6.42 Å². The number of nitrogens with one attached hydrogen (secondary N) is 2. The van der Waals surface area contributed by atoms with Crippen molar-refractivity contribution >= 4 is 16.5 Å². The molecule has 1 aliphatic carbocycles. The molecule has 4 unspecified atom stereocenters. The van der Waals surface area contributed by atoms with E-state index in [4.69, 9.17) is 0 Å². The first-order chi connectivity index (χ1) is 11.6. The lowest BCUT2D eigenvalue weighted by Gasteiger charge is -2.22. The molecule has 4 rings (SSSR count). The third-order valence-corrected chi connectivity index (χ3v) is 5.81. The molecular weight excluding hydrogens is 302 g/mol. The molecule has 0 radical (unpaired) electrons. The van der Waals surface area contributed by atoms with E-state index in [1.807, 2.05) is 12.1 Å². The molecule has 2 N–H and O–H groups in total. The van der Waals surface area contributed by atoms with E-state index in [0.29, 0.717) is 34.4 Å². The summed E-state index contributed by atoms with van der Waals surface area (Å²) in [7, 11) is 0. The Kier molecular flexibility index (Phi) is 3.44. The fourth-order valence-electron chi connectivity index (χ4n) is 4.54. The van der Waals surface area contributed by atoms with Crippen molar-refractivity contribution in [1.29, 1.82) is 0 Å². The van der Waals surface area contributed by atoms with Crippen molar-refractivity contribution in [2.75, 3.05) is 18.0 Å². The second kappa shape index (κ2) is 5.51. The molecule has 0 bridgehead atoms. The predicted octanol–water partition coefficient (Wildman–Crippen LogP) is 2.28. The minimum atomic E-state index is -0.270. The van der Waals surface area contributed by atoms with Gasteiger partial charge < -0.3 is 4.90 Å². The van der Waals surface area contributed by atoms with Gasteiger partial charge >= 0.3 is 0 Å². The van der Waals surface area contributed by atoms with Gasteiger partial charge in [-0.15, -0.1) is 13.2 Å². The molecule has 1 saturated heterocycles. The lowest BCUT2D eigenvalue weighted by Crippen LogP contribution is -2.24. The summed E-state index contributed by atoms with van der Waals surface area (Å²) in [6.45, 7) is 9.90. The van der Waals surface area contributed by atoms with Crippen molar-refractivity contribution in [3.05, 3.63) is 64.2 Å². The van der Waals surface area contributed by atoms with Crippen LogP contribution < -0.4 is 16.0 Å². The summed E-state index contributed by atoms with van der Waals surface area (Å²) in [5, 5.41) is 5.62. The average molecular weight is 323 g/mol. The zero-order chi connectivity index (χ0) is 16.8. The third kappa shape index (κ3) is 2.15. The van der Waals surface area contributed by atoms with Gasteiger partial charge in [0.05, 0.1) is 10.8 Å². The van der Waals surface area contributed by atoms with Crippen LogP contribution in [0.25, 0.3) is 10.8 Å². The molecule has 2 aliphatic rings. The smallest absolute Gasteiger partial charge is 0.270 e.